The Morgan fingerprint density at radius 2 is 2.10 bits per heavy atom. The lowest BCUT2D eigenvalue weighted by molar-refractivity contribution is 0.560. The van der Waals surface area contributed by atoms with E-state index in [9.17, 15) is 8.42 Å². The summed E-state index contributed by atoms with van der Waals surface area (Å²) in [7, 11) is -2.17. The fraction of sp³-hybridized carbons (Fsp3) is 0.273. The van der Waals surface area contributed by atoms with E-state index in [0.29, 0.717) is 5.88 Å². The summed E-state index contributed by atoms with van der Waals surface area (Å²) in [5.41, 5.74) is 1.77. The van der Waals surface area contributed by atoms with Crippen molar-refractivity contribution in [2.75, 3.05) is 0 Å². The highest BCUT2D eigenvalue weighted by Gasteiger charge is 2.23. The van der Waals surface area contributed by atoms with Crippen LogP contribution in [0.5, 0.6) is 0 Å². The number of hydrogen-bond donors (Lipinski definition) is 1. The first-order valence-electron chi connectivity index (χ1n) is 5.62. The first-order chi connectivity index (χ1) is 9.44. The molecule has 108 valence electrons. The van der Waals surface area contributed by atoms with Crippen LogP contribution in [0.15, 0.2) is 33.9 Å². The van der Waals surface area contributed by atoms with Gasteiger partial charge in [0.1, 0.15) is 0 Å². The number of aromatic nitrogens is 3. The first kappa shape index (κ1) is 15.4. The van der Waals surface area contributed by atoms with E-state index in [1.54, 1.807) is 0 Å². The predicted octanol–water partition coefficient (Wildman–Crippen LogP) is 1.79. The van der Waals surface area contributed by atoms with Crippen LogP contribution in [0.3, 0.4) is 0 Å². The van der Waals surface area contributed by atoms with Crippen molar-refractivity contribution in [2.45, 2.75) is 17.5 Å². The van der Waals surface area contributed by atoms with Gasteiger partial charge in [0.05, 0.1) is 0 Å². The molecule has 0 atom stereocenters. The van der Waals surface area contributed by atoms with Gasteiger partial charge in [-0.25, -0.2) is 17.8 Å². The molecule has 1 aromatic heterocycles. The fourth-order valence-corrected chi connectivity index (χ4v) is 3.95. The van der Waals surface area contributed by atoms with Gasteiger partial charge in [-0.3, -0.25) is 0 Å². The minimum absolute atomic E-state index is 0.00834. The summed E-state index contributed by atoms with van der Waals surface area (Å²) in [4.78, 5) is 0. The van der Waals surface area contributed by atoms with Crippen LogP contribution >= 0.6 is 27.5 Å². The van der Waals surface area contributed by atoms with Crippen LogP contribution in [-0.2, 0) is 29.5 Å². The van der Waals surface area contributed by atoms with Gasteiger partial charge in [0, 0.05) is 19.5 Å². The molecule has 0 amide bonds. The van der Waals surface area contributed by atoms with Crippen LogP contribution in [0.1, 0.15) is 11.1 Å². The van der Waals surface area contributed by atoms with Crippen molar-refractivity contribution in [3.05, 3.63) is 40.0 Å². The molecule has 0 aliphatic rings. The molecule has 1 aromatic carbocycles. The van der Waals surface area contributed by atoms with E-state index >= 15 is 0 Å². The Hall–Kier alpha value is -0.960. The van der Waals surface area contributed by atoms with Crippen molar-refractivity contribution in [3.63, 3.8) is 0 Å². The zero-order chi connectivity index (χ0) is 14.8. The van der Waals surface area contributed by atoms with Crippen molar-refractivity contribution >= 4 is 37.6 Å². The van der Waals surface area contributed by atoms with Crippen LogP contribution in [0, 0.1) is 0 Å². The zero-order valence-electron chi connectivity index (χ0n) is 10.5. The molecule has 6 nitrogen and oxygen atoms in total. The van der Waals surface area contributed by atoms with E-state index in [4.69, 9.17) is 11.6 Å². The molecule has 0 saturated carbocycles. The summed E-state index contributed by atoms with van der Waals surface area (Å²) in [5, 5.41) is 7.30. The summed E-state index contributed by atoms with van der Waals surface area (Å²) in [6.45, 7) is 0.171. The van der Waals surface area contributed by atoms with Crippen LogP contribution in [-0.4, -0.2) is 23.4 Å². The third kappa shape index (κ3) is 3.38. The average molecular weight is 380 g/mol. The number of nitrogens with one attached hydrogen (secondary N) is 1. The van der Waals surface area contributed by atoms with E-state index < -0.39 is 10.0 Å². The highest BCUT2D eigenvalue weighted by molar-refractivity contribution is 9.10. The molecule has 1 N–H and O–H groups in total. The van der Waals surface area contributed by atoms with E-state index in [1.807, 2.05) is 24.3 Å². The number of sulfonamides is 1. The summed E-state index contributed by atoms with van der Waals surface area (Å²) < 4.78 is 28.3. The maximum absolute atomic E-state index is 12.2. The topological polar surface area (TPSA) is 76.9 Å². The van der Waals surface area contributed by atoms with Gasteiger partial charge in [-0.15, -0.1) is 16.7 Å². The summed E-state index contributed by atoms with van der Waals surface area (Å²) >= 11 is 8.82. The van der Waals surface area contributed by atoms with Crippen LogP contribution in [0.4, 0.5) is 0 Å². The predicted molar refractivity (Wildman–Crippen MR) is 78.7 cm³/mol. The van der Waals surface area contributed by atoms with E-state index in [-0.39, 0.29) is 16.2 Å². The number of halogens is 2. The molecule has 0 unspecified atom stereocenters. The van der Waals surface area contributed by atoms with Crippen molar-refractivity contribution in [2.24, 2.45) is 7.05 Å². The van der Waals surface area contributed by atoms with Crippen LogP contribution in [0.25, 0.3) is 0 Å². The van der Waals surface area contributed by atoms with Crippen molar-refractivity contribution in [3.8, 4) is 0 Å². The van der Waals surface area contributed by atoms with E-state index in [1.165, 1.54) is 11.7 Å². The van der Waals surface area contributed by atoms with Gasteiger partial charge in [-0.1, -0.05) is 29.5 Å². The minimum atomic E-state index is -3.69. The Labute approximate surface area is 130 Å². The molecule has 1 heterocycles. The second-order valence-corrected chi connectivity index (χ2v) is 6.79. The quantitative estimate of drug-likeness (QED) is 0.804. The standard InChI is InChI=1S/C11H12BrClN4O2S/c1-17-11(10(12)15-16-17)20(18,19)14-7-9-4-2-3-8(5-9)6-13/h2-5,14H,6-7H2,1H3. The molecule has 0 fully saturated rings. The maximum atomic E-state index is 12.2. The molecule has 2 rings (SSSR count). The van der Waals surface area contributed by atoms with Gasteiger partial charge in [0.15, 0.2) is 4.60 Å². The lowest BCUT2D eigenvalue weighted by Gasteiger charge is -2.07. The smallest absolute Gasteiger partial charge is 0.235 e. The summed E-state index contributed by atoms with van der Waals surface area (Å²) in [5.74, 6) is 0.387. The molecule has 0 aliphatic heterocycles. The lowest BCUT2D eigenvalue weighted by Crippen LogP contribution is -2.25. The largest absolute Gasteiger partial charge is 0.260 e. The normalized spacial score (nSPS) is 11.8. The van der Waals surface area contributed by atoms with Gasteiger partial charge >= 0.3 is 0 Å². The summed E-state index contributed by atoms with van der Waals surface area (Å²) in [6, 6.07) is 7.40. The molecule has 9 heteroatoms. The Bertz CT molecular complexity index is 697. The fourth-order valence-electron chi connectivity index (χ4n) is 1.68. The second kappa shape index (κ2) is 6.21. The lowest BCUT2D eigenvalue weighted by atomic mass is 10.1. The number of rotatable bonds is 5. The molecule has 0 aliphatic carbocycles. The molecule has 0 saturated heterocycles. The SMILES string of the molecule is Cn1nnc(Br)c1S(=O)(=O)NCc1cccc(CCl)c1. The number of aryl methyl sites for hydroxylation is 1. The molecular formula is C11H12BrClN4O2S. The number of benzene rings is 1. The Kier molecular flexibility index (Phi) is 4.79. The van der Waals surface area contributed by atoms with Crippen molar-refractivity contribution in [1.82, 2.24) is 19.7 Å². The Morgan fingerprint density at radius 1 is 1.40 bits per heavy atom. The molecule has 0 radical (unpaired) electrons. The number of nitrogens with zero attached hydrogens (tertiary/aromatic N) is 3. The Morgan fingerprint density at radius 3 is 2.70 bits per heavy atom. The van der Waals surface area contributed by atoms with Gasteiger partial charge in [-0.05, 0) is 27.1 Å². The maximum Gasteiger partial charge on any atom is 0.260 e. The summed E-state index contributed by atoms with van der Waals surface area (Å²) in [6.07, 6.45) is 0. The number of hydrogen-bond acceptors (Lipinski definition) is 4. The molecule has 0 spiro atoms. The Balaban J connectivity index is 2.17. The molecular weight excluding hydrogens is 368 g/mol. The molecule has 2 aromatic rings. The highest BCUT2D eigenvalue weighted by atomic mass is 79.9. The van der Waals surface area contributed by atoms with Gasteiger partial charge in [0.25, 0.3) is 10.0 Å². The monoisotopic (exact) mass is 378 g/mol. The van der Waals surface area contributed by atoms with Crippen molar-refractivity contribution < 1.29 is 8.42 Å². The molecule has 0 bridgehead atoms. The third-order valence-corrected chi connectivity index (χ3v) is 5.20. The highest BCUT2D eigenvalue weighted by Crippen LogP contribution is 2.18. The van der Waals surface area contributed by atoms with Crippen LogP contribution < -0.4 is 4.72 Å². The third-order valence-electron chi connectivity index (χ3n) is 2.60. The van der Waals surface area contributed by atoms with Gasteiger partial charge in [0.2, 0.25) is 5.03 Å². The van der Waals surface area contributed by atoms with E-state index in [0.717, 1.165) is 11.1 Å². The zero-order valence-corrected chi connectivity index (χ0v) is 13.7. The van der Waals surface area contributed by atoms with Gasteiger partial charge < -0.3 is 0 Å². The van der Waals surface area contributed by atoms with E-state index in [2.05, 4.69) is 31.0 Å². The minimum Gasteiger partial charge on any atom is -0.235 e. The number of alkyl halides is 1. The average Bonchev–Trinajstić information content (AvgIpc) is 2.77. The second-order valence-electron chi connectivity index (χ2n) is 4.09. The molecule has 20 heavy (non-hydrogen) atoms. The van der Waals surface area contributed by atoms with Gasteiger partial charge in [-0.2, -0.15) is 0 Å². The van der Waals surface area contributed by atoms with Crippen molar-refractivity contribution in [1.29, 1.82) is 0 Å². The van der Waals surface area contributed by atoms with Crippen LogP contribution in [0.2, 0.25) is 0 Å². The first-order valence-corrected chi connectivity index (χ1v) is 8.43.